The first-order valence-electron chi connectivity index (χ1n) is 9.74. The topological polar surface area (TPSA) is 57.7 Å². The average molecular weight is 377 g/mol. The summed E-state index contributed by atoms with van der Waals surface area (Å²) in [6.07, 6.45) is 4.53. The van der Waals surface area contributed by atoms with Gasteiger partial charge in [0, 0.05) is 17.8 Å². The van der Waals surface area contributed by atoms with Gasteiger partial charge in [-0.2, -0.15) is 0 Å². The summed E-state index contributed by atoms with van der Waals surface area (Å²) in [4.78, 5) is 17.0. The van der Waals surface area contributed by atoms with Crippen LogP contribution in [0.5, 0.6) is 0 Å². The van der Waals surface area contributed by atoms with Crippen LogP contribution in [0, 0.1) is 0 Å². The molecule has 4 rings (SSSR count). The van der Waals surface area contributed by atoms with Crippen molar-refractivity contribution in [1.29, 1.82) is 0 Å². The smallest absolute Gasteiger partial charge is 0.241 e. The molecule has 0 unspecified atom stereocenters. The van der Waals surface area contributed by atoms with Crippen molar-refractivity contribution in [3.8, 4) is 0 Å². The molecule has 3 fully saturated rings. The summed E-state index contributed by atoms with van der Waals surface area (Å²) in [6.45, 7) is 4.62. The summed E-state index contributed by atoms with van der Waals surface area (Å²) in [7, 11) is -3.11. The molecule has 26 heavy (non-hydrogen) atoms. The third-order valence-electron chi connectivity index (χ3n) is 6.27. The molecule has 2 aliphatic heterocycles. The van der Waals surface area contributed by atoms with Crippen molar-refractivity contribution in [3.63, 3.8) is 0 Å². The highest BCUT2D eigenvalue weighted by molar-refractivity contribution is 7.91. The second-order valence-electron chi connectivity index (χ2n) is 8.33. The fraction of sp³-hybridized carbons (Fsp3) is 0.650. The number of hydrogen-bond acceptors (Lipinski definition) is 4. The quantitative estimate of drug-likeness (QED) is 0.814. The van der Waals surface area contributed by atoms with Crippen LogP contribution in [0.3, 0.4) is 0 Å². The Labute approximate surface area is 156 Å². The van der Waals surface area contributed by atoms with Crippen molar-refractivity contribution in [2.24, 2.45) is 0 Å². The maximum atomic E-state index is 13.0. The van der Waals surface area contributed by atoms with Gasteiger partial charge in [0.2, 0.25) is 5.91 Å². The average Bonchev–Trinajstić information content (AvgIpc) is 3.21. The molecule has 0 spiro atoms. The van der Waals surface area contributed by atoms with E-state index in [1.54, 1.807) is 4.90 Å². The minimum Gasteiger partial charge on any atom is -0.306 e. The highest BCUT2D eigenvalue weighted by Crippen LogP contribution is 2.36. The van der Waals surface area contributed by atoms with Gasteiger partial charge in [0.25, 0.3) is 0 Å². The Balaban J connectivity index is 1.66. The Morgan fingerprint density at radius 1 is 1.00 bits per heavy atom. The monoisotopic (exact) mass is 376 g/mol. The second kappa shape index (κ2) is 6.64. The SMILES string of the molecule is CC(C)c1ccc(N2C(=O)CN(C3CCCC3)[C@H]3CS(=O)(=O)C[C@H]32)cc1. The van der Waals surface area contributed by atoms with Gasteiger partial charge in [-0.15, -0.1) is 0 Å². The number of amides is 1. The van der Waals surface area contributed by atoms with E-state index in [0.717, 1.165) is 18.5 Å². The van der Waals surface area contributed by atoms with E-state index >= 15 is 0 Å². The Hall–Kier alpha value is -1.40. The zero-order valence-corrected chi connectivity index (χ0v) is 16.4. The van der Waals surface area contributed by atoms with Crippen LogP contribution >= 0.6 is 0 Å². The normalized spacial score (nSPS) is 29.5. The van der Waals surface area contributed by atoms with Crippen LogP contribution in [0.1, 0.15) is 51.0 Å². The number of carbonyl (C=O) groups excluding carboxylic acids is 1. The van der Waals surface area contributed by atoms with E-state index in [0.29, 0.717) is 18.5 Å². The molecular formula is C20H28N2O3S. The summed E-state index contributed by atoms with van der Waals surface area (Å²) in [5.74, 6) is 0.728. The van der Waals surface area contributed by atoms with E-state index in [1.165, 1.54) is 18.4 Å². The van der Waals surface area contributed by atoms with Gasteiger partial charge < -0.3 is 4.90 Å². The third-order valence-corrected chi connectivity index (χ3v) is 7.97. The van der Waals surface area contributed by atoms with Gasteiger partial charge in [0.05, 0.1) is 24.1 Å². The molecule has 2 heterocycles. The molecule has 0 bridgehead atoms. The van der Waals surface area contributed by atoms with Gasteiger partial charge in [-0.3, -0.25) is 9.69 Å². The van der Waals surface area contributed by atoms with E-state index in [1.807, 2.05) is 12.1 Å². The Morgan fingerprint density at radius 2 is 1.62 bits per heavy atom. The Bertz CT molecular complexity index is 782. The number of benzene rings is 1. The second-order valence-corrected chi connectivity index (χ2v) is 10.5. The molecular weight excluding hydrogens is 348 g/mol. The molecule has 1 amide bonds. The zero-order chi connectivity index (χ0) is 18.5. The van der Waals surface area contributed by atoms with Crippen LogP contribution in [0.2, 0.25) is 0 Å². The summed E-state index contributed by atoms with van der Waals surface area (Å²) in [5.41, 5.74) is 2.05. The molecule has 2 saturated heterocycles. The predicted molar refractivity (Wildman–Crippen MR) is 103 cm³/mol. The fourth-order valence-corrected chi connectivity index (χ4v) is 6.86. The van der Waals surface area contributed by atoms with E-state index in [9.17, 15) is 13.2 Å². The fourth-order valence-electron chi connectivity index (χ4n) is 4.90. The van der Waals surface area contributed by atoms with Gasteiger partial charge in [-0.05, 0) is 36.5 Å². The van der Waals surface area contributed by atoms with Gasteiger partial charge in [0.1, 0.15) is 0 Å². The van der Waals surface area contributed by atoms with Crippen LogP contribution in [0.25, 0.3) is 0 Å². The lowest BCUT2D eigenvalue weighted by molar-refractivity contribution is -0.124. The molecule has 1 aromatic rings. The predicted octanol–water partition coefficient (Wildman–Crippen LogP) is 2.57. The van der Waals surface area contributed by atoms with E-state index in [-0.39, 0.29) is 29.5 Å². The Morgan fingerprint density at radius 3 is 2.23 bits per heavy atom. The number of anilines is 1. The molecule has 0 radical (unpaired) electrons. The molecule has 5 nitrogen and oxygen atoms in total. The molecule has 1 saturated carbocycles. The van der Waals surface area contributed by atoms with Gasteiger partial charge in [-0.1, -0.05) is 38.8 Å². The summed E-state index contributed by atoms with van der Waals surface area (Å²) >= 11 is 0. The highest BCUT2D eigenvalue weighted by atomic mass is 32.2. The number of rotatable bonds is 3. The van der Waals surface area contributed by atoms with Gasteiger partial charge >= 0.3 is 0 Å². The molecule has 1 aliphatic carbocycles. The number of carbonyl (C=O) groups is 1. The molecule has 0 N–H and O–H groups in total. The molecule has 1 aromatic carbocycles. The minimum atomic E-state index is -3.11. The van der Waals surface area contributed by atoms with Gasteiger partial charge in [-0.25, -0.2) is 8.42 Å². The molecule has 6 heteroatoms. The largest absolute Gasteiger partial charge is 0.306 e. The first-order valence-corrected chi connectivity index (χ1v) is 11.6. The minimum absolute atomic E-state index is 0.0348. The highest BCUT2D eigenvalue weighted by Gasteiger charge is 2.51. The van der Waals surface area contributed by atoms with Crippen molar-refractivity contribution < 1.29 is 13.2 Å². The van der Waals surface area contributed by atoms with Crippen LogP contribution in [-0.2, 0) is 14.6 Å². The van der Waals surface area contributed by atoms with Crippen molar-refractivity contribution in [2.45, 2.75) is 63.6 Å². The third kappa shape index (κ3) is 3.18. The molecule has 142 valence electrons. The van der Waals surface area contributed by atoms with Crippen LogP contribution in [-0.4, -0.2) is 55.4 Å². The molecule has 2 atom stereocenters. The lowest BCUT2D eigenvalue weighted by Gasteiger charge is -2.46. The maximum Gasteiger partial charge on any atom is 0.241 e. The first-order chi connectivity index (χ1) is 12.4. The van der Waals surface area contributed by atoms with E-state index < -0.39 is 9.84 Å². The molecule has 3 aliphatic rings. The summed E-state index contributed by atoms with van der Waals surface area (Å²) < 4.78 is 24.8. The lowest BCUT2D eigenvalue weighted by atomic mass is 9.98. The van der Waals surface area contributed by atoms with Gasteiger partial charge in [0.15, 0.2) is 9.84 Å². The lowest BCUT2D eigenvalue weighted by Crippen LogP contribution is -2.64. The first kappa shape index (κ1) is 18.0. The van der Waals surface area contributed by atoms with E-state index in [2.05, 4.69) is 30.9 Å². The number of piperazine rings is 1. The van der Waals surface area contributed by atoms with Crippen LogP contribution in [0.15, 0.2) is 24.3 Å². The Kier molecular flexibility index (Phi) is 4.59. The molecule has 0 aromatic heterocycles. The summed E-state index contributed by atoms with van der Waals surface area (Å²) in [5, 5.41) is 0. The maximum absolute atomic E-state index is 13.0. The standard InChI is InChI=1S/C20H28N2O3S/c1-14(2)15-7-9-17(10-8-15)22-19-13-26(24,25)12-18(19)21(11-20(22)23)16-5-3-4-6-16/h7-10,14,16,18-19H,3-6,11-13H2,1-2H3/t18-,19+/m0/s1. The number of hydrogen-bond donors (Lipinski definition) is 0. The number of sulfone groups is 1. The number of nitrogens with zero attached hydrogens (tertiary/aromatic N) is 2. The van der Waals surface area contributed by atoms with Crippen molar-refractivity contribution >= 4 is 21.4 Å². The summed E-state index contributed by atoms with van der Waals surface area (Å²) in [6, 6.07) is 8.09. The van der Waals surface area contributed by atoms with Crippen molar-refractivity contribution in [2.75, 3.05) is 23.0 Å². The number of fused-ring (bicyclic) bond motifs is 1. The van der Waals surface area contributed by atoms with Crippen molar-refractivity contribution in [3.05, 3.63) is 29.8 Å². The van der Waals surface area contributed by atoms with Crippen molar-refractivity contribution in [1.82, 2.24) is 4.90 Å². The zero-order valence-electron chi connectivity index (χ0n) is 15.6. The van der Waals surface area contributed by atoms with Crippen LogP contribution < -0.4 is 4.90 Å². The van der Waals surface area contributed by atoms with E-state index in [4.69, 9.17) is 0 Å². The van der Waals surface area contributed by atoms with Crippen LogP contribution in [0.4, 0.5) is 5.69 Å².